The van der Waals surface area contributed by atoms with Crippen LogP contribution in [-0.2, 0) is 11.0 Å². The molecule has 1 atom stereocenters. The minimum atomic E-state index is -1.63. The molecule has 1 heterocycles. The summed E-state index contributed by atoms with van der Waals surface area (Å²) in [5.41, 5.74) is -0.218. The molecule has 0 radical (unpaired) electrons. The van der Waals surface area contributed by atoms with Crippen LogP contribution in [0.4, 0.5) is 0 Å². The van der Waals surface area contributed by atoms with Crippen molar-refractivity contribution in [2.24, 2.45) is 5.14 Å². The summed E-state index contributed by atoms with van der Waals surface area (Å²) in [5.74, 6) is 0. The van der Waals surface area contributed by atoms with Crippen molar-refractivity contribution in [1.82, 2.24) is 9.55 Å². The fourth-order valence-electron chi connectivity index (χ4n) is 0.909. The summed E-state index contributed by atoms with van der Waals surface area (Å²) in [4.78, 5) is 14.9. The maximum Gasteiger partial charge on any atom is 0.269 e. The molecule has 0 saturated heterocycles. The summed E-state index contributed by atoms with van der Waals surface area (Å²) in [6.07, 6.45) is 2.54. The Labute approximate surface area is 78.2 Å². The Balaban J connectivity index is 3.27. The van der Waals surface area contributed by atoms with E-state index in [2.05, 4.69) is 4.98 Å². The SMILES string of the molecule is CC(C)n1cc(S(N)=O)ncc1=O. The van der Waals surface area contributed by atoms with Crippen molar-refractivity contribution < 1.29 is 4.21 Å². The number of aromatic nitrogens is 2. The lowest BCUT2D eigenvalue weighted by Crippen LogP contribution is -2.23. The van der Waals surface area contributed by atoms with Crippen molar-refractivity contribution in [3.8, 4) is 0 Å². The first-order chi connectivity index (χ1) is 6.02. The molecule has 1 aromatic rings. The average Bonchev–Trinajstić information content (AvgIpc) is 2.04. The Kier molecular flexibility index (Phi) is 2.94. The summed E-state index contributed by atoms with van der Waals surface area (Å²) in [6, 6.07) is 0.0119. The van der Waals surface area contributed by atoms with E-state index in [1.165, 1.54) is 10.8 Å². The molecule has 72 valence electrons. The van der Waals surface area contributed by atoms with Gasteiger partial charge < -0.3 is 4.57 Å². The number of nitrogens with two attached hydrogens (primary N) is 1. The predicted octanol–water partition coefficient (Wildman–Crippen LogP) is -0.195. The molecule has 2 N–H and O–H groups in total. The molecule has 0 spiro atoms. The van der Waals surface area contributed by atoms with Crippen LogP contribution in [0.3, 0.4) is 0 Å². The third kappa shape index (κ3) is 2.22. The fourth-order valence-corrected chi connectivity index (χ4v) is 1.28. The van der Waals surface area contributed by atoms with Crippen LogP contribution in [0.5, 0.6) is 0 Å². The molecule has 1 rings (SSSR count). The molecule has 0 aliphatic heterocycles. The summed E-state index contributed by atoms with van der Waals surface area (Å²) in [5, 5.41) is 5.34. The Morgan fingerprint density at radius 3 is 2.69 bits per heavy atom. The Morgan fingerprint density at radius 1 is 1.62 bits per heavy atom. The van der Waals surface area contributed by atoms with Crippen LogP contribution in [0, 0.1) is 0 Å². The van der Waals surface area contributed by atoms with Crippen molar-refractivity contribution in [2.75, 3.05) is 0 Å². The van der Waals surface area contributed by atoms with E-state index in [9.17, 15) is 9.00 Å². The molecule has 0 aliphatic carbocycles. The van der Waals surface area contributed by atoms with Gasteiger partial charge in [0.25, 0.3) is 5.56 Å². The first-order valence-electron chi connectivity index (χ1n) is 3.76. The highest BCUT2D eigenvalue weighted by atomic mass is 32.2. The van der Waals surface area contributed by atoms with Crippen molar-refractivity contribution in [3.63, 3.8) is 0 Å². The van der Waals surface area contributed by atoms with Gasteiger partial charge in [0.15, 0.2) is 5.03 Å². The van der Waals surface area contributed by atoms with Crippen LogP contribution >= 0.6 is 0 Å². The van der Waals surface area contributed by atoms with Crippen LogP contribution in [0.1, 0.15) is 19.9 Å². The van der Waals surface area contributed by atoms with Gasteiger partial charge in [-0.1, -0.05) is 0 Å². The van der Waals surface area contributed by atoms with E-state index in [0.717, 1.165) is 6.20 Å². The highest BCUT2D eigenvalue weighted by molar-refractivity contribution is 7.82. The molecule has 1 aromatic heterocycles. The lowest BCUT2D eigenvalue weighted by atomic mass is 10.4. The van der Waals surface area contributed by atoms with Gasteiger partial charge in [-0.15, -0.1) is 0 Å². The zero-order chi connectivity index (χ0) is 10.0. The van der Waals surface area contributed by atoms with Crippen LogP contribution in [0.2, 0.25) is 0 Å². The number of nitrogens with zero attached hydrogens (tertiary/aromatic N) is 2. The van der Waals surface area contributed by atoms with E-state index in [-0.39, 0.29) is 16.6 Å². The minimum Gasteiger partial charge on any atom is -0.309 e. The maximum absolute atomic E-state index is 11.2. The quantitative estimate of drug-likeness (QED) is 0.720. The average molecular weight is 201 g/mol. The van der Waals surface area contributed by atoms with Crippen molar-refractivity contribution in [3.05, 3.63) is 22.7 Å². The van der Waals surface area contributed by atoms with Crippen LogP contribution in [0.15, 0.2) is 22.2 Å². The van der Waals surface area contributed by atoms with Gasteiger partial charge in [-0.25, -0.2) is 14.3 Å². The molecule has 1 unspecified atom stereocenters. The fraction of sp³-hybridized carbons (Fsp3) is 0.429. The largest absolute Gasteiger partial charge is 0.309 e. The van der Waals surface area contributed by atoms with Crippen LogP contribution in [-0.4, -0.2) is 13.8 Å². The second-order valence-electron chi connectivity index (χ2n) is 2.86. The summed E-state index contributed by atoms with van der Waals surface area (Å²) in [7, 11) is -1.63. The Bertz CT molecular complexity index is 386. The van der Waals surface area contributed by atoms with Crippen LogP contribution in [0.25, 0.3) is 0 Å². The van der Waals surface area contributed by atoms with Crippen molar-refractivity contribution in [1.29, 1.82) is 0 Å². The molecule has 6 heteroatoms. The van der Waals surface area contributed by atoms with Crippen molar-refractivity contribution >= 4 is 11.0 Å². The second kappa shape index (κ2) is 3.80. The van der Waals surface area contributed by atoms with E-state index in [4.69, 9.17) is 5.14 Å². The van der Waals surface area contributed by atoms with Gasteiger partial charge in [-0.3, -0.25) is 4.79 Å². The third-order valence-electron chi connectivity index (χ3n) is 1.57. The monoisotopic (exact) mass is 201 g/mol. The summed E-state index contributed by atoms with van der Waals surface area (Å²) in [6.45, 7) is 3.70. The topological polar surface area (TPSA) is 78.0 Å². The molecule has 0 saturated carbocycles. The molecular formula is C7H11N3O2S. The highest BCUT2D eigenvalue weighted by Gasteiger charge is 2.05. The molecule has 0 aliphatic rings. The van der Waals surface area contributed by atoms with E-state index in [1.807, 2.05) is 13.8 Å². The Morgan fingerprint density at radius 2 is 2.23 bits per heavy atom. The molecule has 13 heavy (non-hydrogen) atoms. The van der Waals surface area contributed by atoms with E-state index >= 15 is 0 Å². The second-order valence-corrected chi connectivity index (χ2v) is 3.88. The van der Waals surface area contributed by atoms with Gasteiger partial charge in [0.1, 0.15) is 11.0 Å². The van der Waals surface area contributed by atoms with Crippen molar-refractivity contribution in [2.45, 2.75) is 24.9 Å². The van der Waals surface area contributed by atoms with E-state index in [1.54, 1.807) is 0 Å². The zero-order valence-electron chi connectivity index (χ0n) is 7.43. The standard InChI is InChI=1S/C7H11N3O2S/c1-5(2)10-4-6(13(8)12)9-3-7(10)11/h3-5H,8H2,1-2H3. The van der Waals surface area contributed by atoms with Gasteiger partial charge in [0.05, 0.1) is 6.20 Å². The minimum absolute atomic E-state index is 0.0119. The molecule has 0 aromatic carbocycles. The summed E-state index contributed by atoms with van der Waals surface area (Å²) < 4.78 is 12.3. The van der Waals surface area contributed by atoms with Gasteiger partial charge >= 0.3 is 0 Å². The third-order valence-corrected chi connectivity index (χ3v) is 2.19. The van der Waals surface area contributed by atoms with E-state index in [0.29, 0.717) is 0 Å². The number of rotatable bonds is 2. The van der Waals surface area contributed by atoms with Crippen LogP contribution < -0.4 is 10.7 Å². The maximum atomic E-state index is 11.2. The number of hydrogen-bond acceptors (Lipinski definition) is 3. The zero-order valence-corrected chi connectivity index (χ0v) is 8.25. The van der Waals surface area contributed by atoms with Gasteiger partial charge in [0.2, 0.25) is 0 Å². The summed E-state index contributed by atoms with van der Waals surface area (Å²) >= 11 is 0. The molecule has 0 fully saturated rings. The predicted molar refractivity (Wildman–Crippen MR) is 49.5 cm³/mol. The van der Waals surface area contributed by atoms with E-state index < -0.39 is 11.0 Å². The number of hydrogen-bond donors (Lipinski definition) is 1. The molecular weight excluding hydrogens is 190 g/mol. The highest BCUT2D eigenvalue weighted by Crippen LogP contribution is 2.01. The first-order valence-corrected chi connectivity index (χ1v) is 4.98. The lowest BCUT2D eigenvalue weighted by molar-refractivity contribution is 0.562. The smallest absolute Gasteiger partial charge is 0.269 e. The normalized spacial score (nSPS) is 13.2. The molecule has 5 nitrogen and oxygen atoms in total. The molecule has 0 amide bonds. The Hall–Kier alpha value is -1.01. The first kappa shape index (κ1) is 10.1. The van der Waals surface area contributed by atoms with Gasteiger partial charge in [0, 0.05) is 12.2 Å². The van der Waals surface area contributed by atoms with Gasteiger partial charge in [-0.05, 0) is 13.8 Å². The molecule has 0 bridgehead atoms. The van der Waals surface area contributed by atoms with Gasteiger partial charge in [-0.2, -0.15) is 0 Å². The lowest BCUT2D eigenvalue weighted by Gasteiger charge is -2.08.